The van der Waals surface area contributed by atoms with Gasteiger partial charge in [-0.1, -0.05) is 18.2 Å². The van der Waals surface area contributed by atoms with Crippen molar-refractivity contribution in [3.63, 3.8) is 0 Å². The van der Waals surface area contributed by atoms with Crippen LogP contribution in [0.4, 0.5) is 4.39 Å². The first-order chi connectivity index (χ1) is 11.2. The van der Waals surface area contributed by atoms with Crippen molar-refractivity contribution in [1.82, 2.24) is 19.7 Å². The predicted molar refractivity (Wildman–Crippen MR) is 86.8 cm³/mol. The van der Waals surface area contributed by atoms with E-state index in [0.717, 1.165) is 22.5 Å². The Labute approximate surface area is 132 Å². The molecule has 4 rings (SSSR count). The standard InChI is InChI=1S/C18H13FN4/c1-12-20-11-16-17(21-12)18(13-7-9-14(19)10-8-13)23(22-16)15-5-3-2-4-6-15/h2-11H,1H3. The topological polar surface area (TPSA) is 43.6 Å². The first-order valence-corrected chi connectivity index (χ1v) is 7.26. The molecule has 4 aromatic rings. The predicted octanol–water partition coefficient (Wildman–Crippen LogP) is 3.93. The molecule has 0 N–H and O–H groups in total. The van der Waals surface area contributed by atoms with Gasteiger partial charge in [-0.3, -0.25) is 0 Å². The quantitative estimate of drug-likeness (QED) is 0.563. The fourth-order valence-electron chi connectivity index (χ4n) is 2.59. The van der Waals surface area contributed by atoms with Crippen LogP contribution in [0.2, 0.25) is 0 Å². The molecule has 0 fully saturated rings. The van der Waals surface area contributed by atoms with Crippen molar-refractivity contribution in [1.29, 1.82) is 0 Å². The van der Waals surface area contributed by atoms with Gasteiger partial charge in [0.15, 0.2) is 0 Å². The Morgan fingerprint density at radius 2 is 1.70 bits per heavy atom. The number of rotatable bonds is 2. The van der Waals surface area contributed by atoms with Gasteiger partial charge >= 0.3 is 0 Å². The number of halogens is 1. The molecule has 23 heavy (non-hydrogen) atoms. The summed E-state index contributed by atoms with van der Waals surface area (Å²) >= 11 is 0. The summed E-state index contributed by atoms with van der Waals surface area (Å²) in [5.41, 5.74) is 4.07. The maximum atomic E-state index is 13.3. The Balaban J connectivity index is 2.06. The Kier molecular flexibility index (Phi) is 3.12. The summed E-state index contributed by atoms with van der Waals surface area (Å²) in [5, 5.41) is 4.62. The van der Waals surface area contributed by atoms with E-state index in [0.29, 0.717) is 11.3 Å². The molecule has 0 aliphatic carbocycles. The number of hydrogen-bond acceptors (Lipinski definition) is 3. The van der Waals surface area contributed by atoms with Crippen molar-refractivity contribution in [2.75, 3.05) is 0 Å². The van der Waals surface area contributed by atoms with Crippen LogP contribution in [0.5, 0.6) is 0 Å². The summed E-state index contributed by atoms with van der Waals surface area (Å²) in [5.74, 6) is 0.406. The van der Waals surface area contributed by atoms with Gasteiger partial charge in [-0.15, -0.1) is 0 Å². The molecule has 0 spiro atoms. The summed E-state index contributed by atoms with van der Waals surface area (Å²) in [6, 6.07) is 16.2. The molecule has 0 radical (unpaired) electrons. The lowest BCUT2D eigenvalue weighted by Crippen LogP contribution is -1.98. The van der Waals surface area contributed by atoms with Gasteiger partial charge in [0.2, 0.25) is 0 Å². The number of benzene rings is 2. The van der Waals surface area contributed by atoms with Gasteiger partial charge in [-0.05, 0) is 43.3 Å². The molecule has 0 amide bonds. The Hall–Kier alpha value is -3.08. The molecule has 112 valence electrons. The van der Waals surface area contributed by atoms with Crippen molar-refractivity contribution < 1.29 is 4.39 Å². The smallest absolute Gasteiger partial charge is 0.130 e. The van der Waals surface area contributed by atoms with E-state index in [4.69, 9.17) is 0 Å². The lowest BCUT2D eigenvalue weighted by Gasteiger charge is -2.07. The van der Waals surface area contributed by atoms with Gasteiger partial charge in [0.1, 0.15) is 28.4 Å². The molecule has 4 nitrogen and oxygen atoms in total. The van der Waals surface area contributed by atoms with Crippen LogP contribution in [0.25, 0.3) is 28.0 Å². The van der Waals surface area contributed by atoms with E-state index in [1.165, 1.54) is 12.1 Å². The van der Waals surface area contributed by atoms with Crippen LogP contribution < -0.4 is 0 Å². The zero-order valence-corrected chi connectivity index (χ0v) is 12.4. The Morgan fingerprint density at radius 3 is 2.43 bits per heavy atom. The molecule has 0 saturated carbocycles. The lowest BCUT2D eigenvalue weighted by atomic mass is 10.1. The zero-order valence-electron chi connectivity index (χ0n) is 12.4. The van der Waals surface area contributed by atoms with E-state index in [-0.39, 0.29) is 5.82 Å². The SMILES string of the molecule is Cc1ncc2nn(-c3ccccc3)c(-c3ccc(F)cc3)c2n1. The second-order valence-electron chi connectivity index (χ2n) is 5.25. The fraction of sp³-hybridized carbons (Fsp3) is 0.0556. The average Bonchev–Trinajstić information content (AvgIpc) is 2.95. The number of nitrogens with zero attached hydrogens (tertiary/aromatic N) is 4. The van der Waals surface area contributed by atoms with Crippen molar-refractivity contribution in [2.45, 2.75) is 6.92 Å². The van der Waals surface area contributed by atoms with Crippen LogP contribution in [-0.4, -0.2) is 19.7 Å². The van der Waals surface area contributed by atoms with Gasteiger partial charge in [0.25, 0.3) is 0 Å². The summed E-state index contributed by atoms with van der Waals surface area (Å²) in [4.78, 5) is 8.75. The molecule has 5 heteroatoms. The van der Waals surface area contributed by atoms with Crippen molar-refractivity contribution in [2.24, 2.45) is 0 Å². The van der Waals surface area contributed by atoms with Crippen molar-refractivity contribution >= 4 is 11.0 Å². The van der Waals surface area contributed by atoms with Crippen LogP contribution in [0.1, 0.15) is 5.82 Å². The summed E-state index contributed by atoms with van der Waals surface area (Å²) in [6.07, 6.45) is 1.71. The van der Waals surface area contributed by atoms with Crippen molar-refractivity contribution in [3.8, 4) is 16.9 Å². The van der Waals surface area contributed by atoms with E-state index >= 15 is 0 Å². The van der Waals surface area contributed by atoms with Gasteiger partial charge in [-0.25, -0.2) is 19.0 Å². The van der Waals surface area contributed by atoms with Crippen LogP contribution in [0, 0.1) is 12.7 Å². The summed E-state index contributed by atoms with van der Waals surface area (Å²) < 4.78 is 15.1. The lowest BCUT2D eigenvalue weighted by molar-refractivity contribution is 0.628. The molecular formula is C18H13FN4. The second-order valence-corrected chi connectivity index (χ2v) is 5.25. The summed E-state index contributed by atoms with van der Waals surface area (Å²) in [7, 11) is 0. The highest BCUT2D eigenvalue weighted by atomic mass is 19.1. The minimum atomic E-state index is -0.269. The molecule has 0 bridgehead atoms. The van der Waals surface area contributed by atoms with Crippen molar-refractivity contribution in [3.05, 3.63) is 72.4 Å². The number of aryl methyl sites for hydroxylation is 1. The maximum absolute atomic E-state index is 13.3. The van der Waals surface area contributed by atoms with Crippen LogP contribution >= 0.6 is 0 Å². The normalized spacial score (nSPS) is 11.0. The first-order valence-electron chi connectivity index (χ1n) is 7.26. The zero-order chi connectivity index (χ0) is 15.8. The molecule has 2 aromatic heterocycles. The van der Waals surface area contributed by atoms with Gasteiger partial charge in [0, 0.05) is 5.56 Å². The molecule has 0 saturated heterocycles. The van der Waals surface area contributed by atoms with E-state index in [9.17, 15) is 4.39 Å². The van der Waals surface area contributed by atoms with Gasteiger partial charge in [-0.2, -0.15) is 5.10 Å². The highest BCUT2D eigenvalue weighted by Crippen LogP contribution is 2.29. The Morgan fingerprint density at radius 1 is 0.957 bits per heavy atom. The van der Waals surface area contributed by atoms with Gasteiger partial charge < -0.3 is 0 Å². The minimum absolute atomic E-state index is 0.269. The number of para-hydroxylation sites is 1. The number of aromatic nitrogens is 4. The second kappa shape index (κ2) is 5.28. The monoisotopic (exact) mass is 304 g/mol. The maximum Gasteiger partial charge on any atom is 0.130 e. The largest absolute Gasteiger partial charge is 0.239 e. The number of fused-ring (bicyclic) bond motifs is 1. The Bertz CT molecular complexity index is 975. The molecule has 0 aliphatic heterocycles. The third kappa shape index (κ3) is 2.36. The van der Waals surface area contributed by atoms with Crippen LogP contribution in [0.3, 0.4) is 0 Å². The van der Waals surface area contributed by atoms with E-state index in [1.807, 2.05) is 41.9 Å². The fourth-order valence-corrected chi connectivity index (χ4v) is 2.59. The minimum Gasteiger partial charge on any atom is -0.239 e. The molecule has 2 aromatic carbocycles. The van der Waals surface area contributed by atoms with E-state index in [1.54, 1.807) is 18.3 Å². The highest BCUT2D eigenvalue weighted by Gasteiger charge is 2.16. The van der Waals surface area contributed by atoms with Crippen LogP contribution in [0.15, 0.2) is 60.8 Å². The highest BCUT2D eigenvalue weighted by molar-refractivity contribution is 5.90. The molecule has 0 unspecified atom stereocenters. The first kappa shape index (κ1) is 13.6. The molecule has 2 heterocycles. The van der Waals surface area contributed by atoms with Gasteiger partial charge in [0.05, 0.1) is 11.9 Å². The third-order valence-electron chi connectivity index (χ3n) is 3.65. The van der Waals surface area contributed by atoms with E-state index in [2.05, 4.69) is 15.1 Å². The molecule has 0 aliphatic rings. The molecular weight excluding hydrogens is 291 g/mol. The number of hydrogen-bond donors (Lipinski definition) is 0. The molecule has 0 atom stereocenters. The third-order valence-corrected chi connectivity index (χ3v) is 3.65. The van der Waals surface area contributed by atoms with Crippen LogP contribution in [-0.2, 0) is 0 Å². The summed E-state index contributed by atoms with van der Waals surface area (Å²) in [6.45, 7) is 1.84. The average molecular weight is 304 g/mol. The van der Waals surface area contributed by atoms with E-state index < -0.39 is 0 Å².